The predicted molar refractivity (Wildman–Crippen MR) is 59.4 cm³/mol. The zero-order valence-corrected chi connectivity index (χ0v) is 9.50. The lowest BCUT2D eigenvalue weighted by molar-refractivity contribution is 0.171. The zero-order valence-electron chi connectivity index (χ0n) is 9.50. The summed E-state index contributed by atoms with van der Waals surface area (Å²) in [6, 6.07) is 0.489. The molecule has 1 fully saturated rings. The smallest absolute Gasteiger partial charge is 0.0636 e. The minimum atomic E-state index is -0.237. The third-order valence-corrected chi connectivity index (χ3v) is 2.74. The van der Waals surface area contributed by atoms with Gasteiger partial charge in [0, 0.05) is 19.1 Å². The van der Waals surface area contributed by atoms with E-state index in [0.29, 0.717) is 12.6 Å². The number of piperidine rings is 1. The number of aliphatic hydroxyl groups is 1. The molecule has 0 bridgehead atoms. The van der Waals surface area contributed by atoms with Crippen molar-refractivity contribution in [3.8, 4) is 0 Å². The Bertz CT molecular complexity index is 144. The molecule has 1 saturated heterocycles. The summed E-state index contributed by atoms with van der Waals surface area (Å²) in [5.41, 5.74) is 0. The van der Waals surface area contributed by atoms with Crippen LogP contribution in [0.5, 0.6) is 0 Å². The molecular formula is C11H24N2O. The number of likely N-dealkylation sites (tertiary alicyclic amines) is 1. The molecule has 0 aromatic rings. The minimum Gasteiger partial charge on any atom is -0.392 e. The van der Waals surface area contributed by atoms with E-state index in [0.717, 1.165) is 6.54 Å². The van der Waals surface area contributed by atoms with Gasteiger partial charge >= 0.3 is 0 Å². The SMILES string of the molecule is CC(CN1CCCCC1)NC[C@H](C)O. The number of hydrogen-bond acceptors (Lipinski definition) is 3. The summed E-state index contributed by atoms with van der Waals surface area (Å²) in [6.45, 7) is 8.33. The van der Waals surface area contributed by atoms with E-state index in [1.807, 2.05) is 6.92 Å². The van der Waals surface area contributed by atoms with Crippen LogP contribution in [0.1, 0.15) is 33.1 Å². The molecule has 0 spiro atoms. The molecule has 14 heavy (non-hydrogen) atoms. The van der Waals surface area contributed by atoms with E-state index in [4.69, 9.17) is 5.11 Å². The summed E-state index contributed by atoms with van der Waals surface area (Å²) < 4.78 is 0. The van der Waals surface area contributed by atoms with Gasteiger partial charge in [-0.2, -0.15) is 0 Å². The van der Waals surface area contributed by atoms with Crippen LogP contribution in [0.4, 0.5) is 0 Å². The summed E-state index contributed by atoms with van der Waals surface area (Å²) in [6.07, 6.45) is 3.86. The van der Waals surface area contributed by atoms with Crippen LogP contribution in [0.15, 0.2) is 0 Å². The first-order valence-corrected chi connectivity index (χ1v) is 5.82. The van der Waals surface area contributed by atoms with E-state index < -0.39 is 0 Å². The molecule has 0 aromatic heterocycles. The van der Waals surface area contributed by atoms with E-state index in [1.54, 1.807) is 0 Å². The quantitative estimate of drug-likeness (QED) is 0.690. The Morgan fingerprint density at radius 3 is 2.43 bits per heavy atom. The molecule has 1 unspecified atom stereocenters. The highest BCUT2D eigenvalue weighted by atomic mass is 16.3. The van der Waals surface area contributed by atoms with Crippen LogP contribution in [0.3, 0.4) is 0 Å². The van der Waals surface area contributed by atoms with Crippen molar-refractivity contribution in [2.24, 2.45) is 0 Å². The fourth-order valence-electron chi connectivity index (χ4n) is 1.97. The Morgan fingerprint density at radius 2 is 1.86 bits per heavy atom. The molecule has 3 nitrogen and oxygen atoms in total. The second-order valence-corrected chi connectivity index (χ2v) is 4.52. The highest BCUT2D eigenvalue weighted by Gasteiger charge is 2.12. The van der Waals surface area contributed by atoms with Crippen LogP contribution in [0, 0.1) is 0 Å². The van der Waals surface area contributed by atoms with Crippen molar-refractivity contribution in [2.45, 2.75) is 45.3 Å². The third-order valence-electron chi connectivity index (χ3n) is 2.74. The van der Waals surface area contributed by atoms with Gasteiger partial charge in [0.2, 0.25) is 0 Å². The van der Waals surface area contributed by atoms with Gasteiger partial charge in [0.25, 0.3) is 0 Å². The van der Waals surface area contributed by atoms with E-state index in [1.165, 1.54) is 32.4 Å². The fourth-order valence-corrected chi connectivity index (χ4v) is 1.97. The van der Waals surface area contributed by atoms with Crippen LogP contribution in [-0.4, -0.2) is 48.3 Å². The Kier molecular flexibility index (Phi) is 5.45. The highest BCUT2D eigenvalue weighted by molar-refractivity contribution is 4.71. The minimum absolute atomic E-state index is 0.237. The molecule has 84 valence electrons. The average Bonchev–Trinajstić information content (AvgIpc) is 2.16. The lowest BCUT2D eigenvalue weighted by Gasteiger charge is -2.29. The molecule has 0 aromatic carbocycles. The maximum atomic E-state index is 9.13. The zero-order chi connectivity index (χ0) is 10.4. The van der Waals surface area contributed by atoms with Gasteiger partial charge in [0.15, 0.2) is 0 Å². The Hall–Kier alpha value is -0.120. The normalized spacial score (nSPS) is 23.4. The van der Waals surface area contributed by atoms with Gasteiger partial charge in [-0.05, 0) is 39.8 Å². The van der Waals surface area contributed by atoms with Crippen LogP contribution in [0.25, 0.3) is 0 Å². The molecule has 0 saturated carbocycles. The van der Waals surface area contributed by atoms with E-state index in [2.05, 4.69) is 17.1 Å². The Morgan fingerprint density at radius 1 is 1.21 bits per heavy atom. The molecule has 1 aliphatic heterocycles. The molecule has 2 N–H and O–H groups in total. The van der Waals surface area contributed by atoms with Crippen molar-refractivity contribution in [1.82, 2.24) is 10.2 Å². The largest absolute Gasteiger partial charge is 0.392 e. The number of nitrogens with one attached hydrogen (secondary N) is 1. The van der Waals surface area contributed by atoms with Crippen LogP contribution < -0.4 is 5.32 Å². The maximum absolute atomic E-state index is 9.13. The Balaban J connectivity index is 2.09. The number of aliphatic hydroxyl groups excluding tert-OH is 1. The number of rotatable bonds is 5. The van der Waals surface area contributed by atoms with Gasteiger partial charge in [-0.15, -0.1) is 0 Å². The third kappa shape index (κ3) is 4.94. The summed E-state index contributed by atoms with van der Waals surface area (Å²) >= 11 is 0. The standard InChI is InChI=1S/C11H24N2O/c1-10(12-8-11(2)14)9-13-6-4-3-5-7-13/h10-12,14H,3-9H2,1-2H3/t10?,11-/m0/s1. The van der Waals surface area contributed by atoms with Gasteiger partial charge < -0.3 is 15.3 Å². The van der Waals surface area contributed by atoms with E-state index in [9.17, 15) is 0 Å². The summed E-state index contributed by atoms with van der Waals surface area (Å²) in [4.78, 5) is 2.52. The lowest BCUT2D eigenvalue weighted by atomic mass is 10.1. The van der Waals surface area contributed by atoms with Crippen LogP contribution >= 0.6 is 0 Å². The molecule has 0 amide bonds. The predicted octanol–water partition coefficient (Wildman–Crippen LogP) is 0.831. The second-order valence-electron chi connectivity index (χ2n) is 4.52. The van der Waals surface area contributed by atoms with E-state index in [-0.39, 0.29) is 6.10 Å². The molecule has 0 radical (unpaired) electrons. The van der Waals surface area contributed by atoms with Gasteiger partial charge in [0.1, 0.15) is 0 Å². The molecule has 1 rings (SSSR count). The van der Waals surface area contributed by atoms with Crippen molar-refractivity contribution < 1.29 is 5.11 Å². The molecule has 3 heteroatoms. The lowest BCUT2D eigenvalue weighted by Crippen LogP contribution is -2.43. The van der Waals surface area contributed by atoms with Crippen LogP contribution in [-0.2, 0) is 0 Å². The maximum Gasteiger partial charge on any atom is 0.0636 e. The summed E-state index contributed by atoms with van der Waals surface area (Å²) in [5.74, 6) is 0. The highest BCUT2D eigenvalue weighted by Crippen LogP contribution is 2.08. The molecule has 1 heterocycles. The van der Waals surface area contributed by atoms with Crippen molar-refractivity contribution in [3.05, 3.63) is 0 Å². The van der Waals surface area contributed by atoms with Crippen molar-refractivity contribution in [3.63, 3.8) is 0 Å². The summed E-state index contributed by atoms with van der Waals surface area (Å²) in [7, 11) is 0. The van der Waals surface area contributed by atoms with Gasteiger partial charge in [-0.25, -0.2) is 0 Å². The van der Waals surface area contributed by atoms with Crippen molar-refractivity contribution in [2.75, 3.05) is 26.2 Å². The first-order chi connectivity index (χ1) is 6.68. The van der Waals surface area contributed by atoms with Gasteiger partial charge in [0.05, 0.1) is 6.10 Å². The fraction of sp³-hybridized carbons (Fsp3) is 1.00. The molecular weight excluding hydrogens is 176 g/mol. The van der Waals surface area contributed by atoms with Crippen LogP contribution in [0.2, 0.25) is 0 Å². The first-order valence-electron chi connectivity index (χ1n) is 5.82. The average molecular weight is 200 g/mol. The molecule has 2 atom stereocenters. The Labute approximate surface area is 87.5 Å². The van der Waals surface area contributed by atoms with E-state index >= 15 is 0 Å². The monoisotopic (exact) mass is 200 g/mol. The first kappa shape index (κ1) is 12.0. The second kappa shape index (κ2) is 6.38. The number of hydrogen-bond donors (Lipinski definition) is 2. The molecule has 0 aliphatic carbocycles. The van der Waals surface area contributed by atoms with Gasteiger partial charge in [-0.1, -0.05) is 6.42 Å². The molecule has 1 aliphatic rings. The summed E-state index contributed by atoms with van der Waals surface area (Å²) in [5, 5.41) is 12.5. The van der Waals surface area contributed by atoms with Gasteiger partial charge in [-0.3, -0.25) is 0 Å². The topological polar surface area (TPSA) is 35.5 Å². The van der Waals surface area contributed by atoms with Crippen molar-refractivity contribution in [1.29, 1.82) is 0 Å². The van der Waals surface area contributed by atoms with Crippen molar-refractivity contribution >= 4 is 0 Å². The number of nitrogens with zero attached hydrogens (tertiary/aromatic N) is 1.